The van der Waals surface area contributed by atoms with Gasteiger partial charge < -0.3 is 23.7 Å². The quantitative estimate of drug-likeness (QED) is 0.259. The lowest BCUT2D eigenvalue weighted by atomic mass is 10.2. The number of benzene rings is 1. The largest absolute Gasteiger partial charge is 0.497 e. The van der Waals surface area contributed by atoms with Crippen molar-refractivity contribution in [2.24, 2.45) is 0 Å². The Bertz CT molecular complexity index is 546. The van der Waals surface area contributed by atoms with Crippen LogP contribution in [0.25, 0.3) is 0 Å². The van der Waals surface area contributed by atoms with Gasteiger partial charge in [-0.1, -0.05) is 18.2 Å². The summed E-state index contributed by atoms with van der Waals surface area (Å²) in [5.41, 5.74) is 0.477. The maximum absolute atomic E-state index is 11.7. The molecule has 2 atom stereocenters. The monoisotopic (exact) mass is 366 g/mol. The van der Waals surface area contributed by atoms with Gasteiger partial charge in [-0.2, -0.15) is 0 Å². The van der Waals surface area contributed by atoms with Crippen LogP contribution in [-0.4, -0.2) is 44.3 Å². The molecule has 0 aromatic heterocycles. The van der Waals surface area contributed by atoms with Crippen molar-refractivity contribution in [1.82, 2.24) is 0 Å². The Balaban J connectivity index is 2.29. The van der Waals surface area contributed by atoms with Gasteiger partial charge in [0.1, 0.15) is 30.9 Å². The average molecular weight is 366 g/mol. The summed E-state index contributed by atoms with van der Waals surface area (Å²) in [6.45, 7) is 11.3. The Morgan fingerprint density at radius 2 is 1.85 bits per heavy atom. The van der Waals surface area contributed by atoms with Crippen molar-refractivity contribution in [1.29, 1.82) is 0 Å². The van der Waals surface area contributed by atoms with Gasteiger partial charge in [-0.15, -0.1) is 6.58 Å². The molecule has 0 saturated carbocycles. The minimum Gasteiger partial charge on any atom is -0.497 e. The van der Waals surface area contributed by atoms with E-state index in [9.17, 15) is 4.79 Å². The Labute approximate surface area is 156 Å². The number of hydrogen-bond donors (Lipinski definition) is 0. The summed E-state index contributed by atoms with van der Waals surface area (Å²) in [6, 6.07) is 7.61. The van der Waals surface area contributed by atoms with E-state index in [0.29, 0.717) is 6.61 Å². The number of carbonyl (C=O) groups is 1. The highest BCUT2D eigenvalue weighted by Gasteiger charge is 2.20. The third-order valence-corrected chi connectivity index (χ3v) is 3.35. The summed E-state index contributed by atoms with van der Waals surface area (Å²) in [5.74, 6) is 0.377. The zero-order valence-electron chi connectivity index (χ0n) is 16.3. The molecule has 0 amide bonds. The van der Waals surface area contributed by atoms with Crippen LogP contribution in [0.3, 0.4) is 0 Å². The van der Waals surface area contributed by atoms with Crippen LogP contribution in [0.15, 0.2) is 36.9 Å². The van der Waals surface area contributed by atoms with Crippen LogP contribution in [0.2, 0.25) is 0 Å². The number of esters is 1. The van der Waals surface area contributed by atoms with Gasteiger partial charge in [0.15, 0.2) is 0 Å². The maximum atomic E-state index is 11.7. The van der Waals surface area contributed by atoms with Gasteiger partial charge in [-0.3, -0.25) is 0 Å². The molecule has 0 fully saturated rings. The highest BCUT2D eigenvalue weighted by molar-refractivity contribution is 5.71. The van der Waals surface area contributed by atoms with E-state index < -0.39 is 17.7 Å². The van der Waals surface area contributed by atoms with Crippen molar-refractivity contribution < 1.29 is 28.5 Å². The molecule has 0 aliphatic rings. The summed E-state index contributed by atoms with van der Waals surface area (Å²) in [7, 11) is 1.63. The van der Waals surface area contributed by atoms with Crippen molar-refractivity contribution in [3.8, 4) is 5.75 Å². The van der Waals surface area contributed by atoms with Gasteiger partial charge in [0.25, 0.3) is 0 Å². The van der Waals surface area contributed by atoms with E-state index in [1.807, 2.05) is 52.0 Å². The van der Waals surface area contributed by atoms with Crippen molar-refractivity contribution >= 4 is 5.97 Å². The lowest BCUT2D eigenvalue weighted by Crippen LogP contribution is -2.32. The lowest BCUT2D eigenvalue weighted by Gasteiger charge is -2.23. The molecule has 146 valence electrons. The molecule has 1 aromatic rings. The summed E-state index contributed by atoms with van der Waals surface area (Å²) < 4.78 is 26.9. The van der Waals surface area contributed by atoms with Crippen LogP contribution in [0, 0.1) is 0 Å². The van der Waals surface area contributed by atoms with Gasteiger partial charge in [0.05, 0.1) is 19.8 Å². The Morgan fingerprint density at radius 1 is 1.19 bits per heavy atom. The number of rotatable bonds is 11. The summed E-state index contributed by atoms with van der Waals surface area (Å²) in [4.78, 5) is 11.7. The summed E-state index contributed by atoms with van der Waals surface area (Å²) in [6.07, 6.45) is 0.844. The number of ether oxygens (including phenoxy) is 5. The Hall–Kier alpha value is -1.89. The second-order valence-corrected chi connectivity index (χ2v) is 6.78. The molecule has 0 aliphatic carbocycles. The first-order valence-electron chi connectivity index (χ1n) is 8.53. The smallest absolute Gasteiger partial charge is 0.332 e. The highest BCUT2D eigenvalue weighted by atomic mass is 16.7. The van der Waals surface area contributed by atoms with Crippen molar-refractivity contribution in [3.63, 3.8) is 0 Å². The standard InChI is InChI=1S/C20H30O6/c1-7-18(24-13-19(21)26-20(3,4)5)15(2)25-14-23-12-16-8-10-17(22-6)11-9-16/h7-11,15,18H,1,12-14H2,2-6H3/t15-,18+/m0/s1. The molecular formula is C20H30O6. The third kappa shape index (κ3) is 8.99. The molecule has 0 heterocycles. The minimum atomic E-state index is -0.540. The molecule has 26 heavy (non-hydrogen) atoms. The fourth-order valence-corrected chi connectivity index (χ4v) is 2.06. The van der Waals surface area contributed by atoms with E-state index >= 15 is 0 Å². The van der Waals surface area contributed by atoms with Crippen molar-refractivity contribution in [2.45, 2.75) is 52.1 Å². The molecule has 6 nitrogen and oxygen atoms in total. The molecule has 1 aromatic carbocycles. The second-order valence-electron chi connectivity index (χ2n) is 6.78. The number of methoxy groups -OCH3 is 1. The molecule has 0 aliphatic heterocycles. The second kappa shape index (κ2) is 11.0. The molecule has 0 bridgehead atoms. The van der Waals surface area contributed by atoms with Crippen LogP contribution in [-0.2, 0) is 30.3 Å². The van der Waals surface area contributed by atoms with E-state index in [4.69, 9.17) is 23.7 Å². The number of carbonyl (C=O) groups excluding carboxylic acids is 1. The van der Waals surface area contributed by atoms with Crippen LogP contribution < -0.4 is 4.74 Å². The van der Waals surface area contributed by atoms with Gasteiger partial charge in [-0.05, 0) is 45.4 Å². The van der Waals surface area contributed by atoms with Crippen molar-refractivity contribution in [3.05, 3.63) is 42.5 Å². The predicted molar refractivity (Wildman–Crippen MR) is 99.0 cm³/mol. The third-order valence-electron chi connectivity index (χ3n) is 3.35. The molecule has 0 spiro atoms. The van der Waals surface area contributed by atoms with E-state index in [1.54, 1.807) is 13.2 Å². The fraction of sp³-hybridized carbons (Fsp3) is 0.550. The van der Waals surface area contributed by atoms with Gasteiger partial charge in [0.2, 0.25) is 0 Å². The number of hydrogen-bond acceptors (Lipinski definition) is 6. The van der Waals surface area contributed by atoms with Crippen LogP contribution >= 0.6 is 0 Å². The first kappa shape index (κ1) is 22.2. The van der Waals surface area contributed by atoms with Gasteiger partial charge >= 0.3 is 5.97 Å². The summed E-state index contributed by atoms with van der Waals surface area (Å²) >= 11 is 0. The van der Waals surface area contributed by atoms with E-state index in [0.717, 1.165) is 11.3 Å². The SMILES string of the molecule is C=C[C@@H](OCC(=O)OC(C)(C)C)[C@H](C)OCOCc1ccc(OC)cc1. The highest BCUT2D eigenvalue weighted by Crippen LogP contribution is 2.13. The molecule has 0 radical (unpaired) electrons. The first-order valence-corrected chi connectivity index (χ1v) is 8.53. The molecule has 0 unspecified atom stereocenters. The predicted octanol–water partition coefficient (Wildman–Crippen LogP) is 3.49. The van der Waals surface area contributed by atoms with E-state index in [1.165, 1.54) is 0 Å². The molecule has 0 saturated heterocycles. The maximum Gasteiger partial charge on any atom is 0.332 e. The average Bonchev–Trinajstić information content (AvgIpc) is 2.58. The first-order chi connectivity index (χ1) is 12.2. The van der Waals surface area contributed by atoms with Crippen LogP contribution in [0.4, 0.5) is 0 Å². The van der Waals surface area contributed by atoms with Crippen molar-refractivity contribution in [2.75, 3.05) is 20.5 Å². The minimum absolute atomic E-state index is 0.104. The molecule has 6 heteroatoms. The lowest BCUT2D eigenvalue weighted by molar-refractivity contribution is -0.166. The van der Waals surface area contributed by atoms with E-state index in [-0.39, 0.29) is 19.5 Å². The Morgan fingerprint density at radius 3 is 2.38 bits per heavy atom. The fourth-order valence-electron chi connectivity index (χ4n) is 2.06. The molecule has 1 rings (SSSR count). The normalized spacial score (nSPS) is 13.7. The molecular weight excluding hydrogens is 336 g/mol. The summed E-state index contributed by atoms with van der Waals surface area (Å²) in [5, 5.41) is 0. The van der Waals surface area contributed by atoms with Crippen LogP contribution in [0.5, 0.6) is 5.75 Å². The Kier molecular flexibility index (Phi) is 9.34. The van der Waals surface area contributed by atoms with Crippen LogP contribution in [0.1, 0.15) is 33.3 Å². The van der Waals surface area contributed by atoms with Gasteiger partial charge in [-0.25, -0.2) is 4.79 Å². The topological polar surface area (TPSA) is 63.2 Å². The zero-order valence-corrected chi connectivity index (χ0v) is 16.3. The van der Waals surface area contributed by atoms with E-state index in [2.05, 4.69) is 6.58 Å². The molecule has 0 N–H and O–H groups in total. The van der Waals surface area contributed by atoms with Gasteiger partial charge in [0, 0.05) is 0 Å². The zero-order chi connectivity index (χ0) is 19.6.